The summed E-state index contributed by atoms with van der Waals surface area (Å²) in [7, 11) is 0. The summed E-state index contributed by atoms with van der Waals surface area (Å²) in [6, 6.07) is 0. The number of aromatic nitrogens is 5. The Morgan fingerprint density at radius 2 is 2.10 bits per heavy atom. The molecule has 1 aliphatic rings. The molecule has 0 aliphatic heterocycles. The van der Waals surface area contributed by atoms with Crippen molar-refractivity contribution in [3.05, 3.63) is 17.7 Å². The molecule has 2 aromatic heterocycles. The zero-order valence-electron chi connectivity index (χ0n) is 12.4. The van der Waals surface area contributed by atoms with Crippen LogP contribution in [0.25, 0.3) is 11.4 Å². The van der Waals surface area contributed by atoms with Gasteiger partial charge in [-0.25, -0.2) is 9.67 Å². The number of rotatable bonds is 5. The lowest BCUT2D eigenvalue weighted by atomic mass is 10.1. The second kappa shape index (κ2) is 5.77. The summed E-state index contributed by atoms with van der Waals surface area (Å²) in [6.45, 7) is 5.15. The molecule has 2 heterocycles. The lowest BCUT2D eigenvalue weighted by Gasteiger charge is -2.02. The molecule has 1 saturated carbocycles. The molecule has 5 heteroatoms. The molecule has 108 valence electrons. The maximum atomic E-state index is 4.84. The van der Waals surface area contributed by atoms with E-state index in [9.17, 15) is 0 Å². The molecule has 0 amide bonds. The smallest absolute Gasteiger partial charge is 0.161 e. The molecule has 1 N–H and O–H groups in total. The predicted octanol–water partition coefficient (Wildman–Crippen LogP) is 3.30. The zero-order valence-corrected chi connectivity index (χ0v) is 12.4. The Bertz CT molecular complexity index is 563. The fraction of sp³-hybridized carbons (Fsp3) is 0.667. The molecule has 0 aromatic carbocycles. The van der Waals surface area contributed by atoms with Crippen molar-refractivity contribution in [1.29, 1.82) is 0 Å². The van der Waals surface area contributed by atoms with E-state index in [2.05, 4.69) is 24.0 Å². The second-order valence-electron chi connectivity index (χ2n) is 5.60. The summed E-state index contributed by atoms with van der Waals surface area (Å²) in [4.78, 5) is 4.84. The van der Waals surface area contributed by atoms with Gasteiger partial charge in [0.25, 0.3) is 0 Å². The summed E-state index contributed by atoms with van der Waals surface area (Å²) in [6.07, 6.45) is 9.09. The molecular weight excluding hydrogens is 250 g/mol. The fourth-order valence-corrected chi connectivity index (χ4v) is 3.08. The van der Waals surface area contributed by atoms with Gasteiger partial charge >= 0.3 is 0 Å². The first-order valence-electron chi connectivity index (χ1n) is 7.80. The van der Waals surface area contributed by atoms with Gasteiger partial charge in [-0.2, -0.15) is 10.2 Å². The van der Waals surface area contributed by atoms with Crippen LogP contribution in [0.3, 0.4) is 0 Å². The van der Waals surface area contributed by atoms with Gasteiger partial charge in [-0.3, -0.25) is 5.10 Å². The minimum absolute atomic E-state index is 0.558. The average molecular weight is 273 g/mol. The van der Waals surface area contributed by atoms with Gasteiger partial charge in [0.05, 0.1) is 11.8 Å². The number of nitrogens with one attached hydrogen (secondary N) is 1. The van der Waals surface area contributed by atoms with Crippen LogP contribution in [-0.2, 0) is 13.0 Å². The monoisotopic (exact) mass is 273 g/mol. The van der Waals surface area contributed by atoms with Crippen molar-refractivity contribution in [1.82, 2.24) is 25.0 Å². The van der Waals surface area contributed by atoms with Crippen LogP contribution in [0.1, 0.15) is 63.4 Å². The second-order valence-corrected chi connectivity index (χ2v) is 5.60. The first kappa shape index (κ1) is 13.3. The van der Waals surface area contributed by atoms with Crippen molar-refractivity contribution in [2.45, 2.75) is 64.8 Å². The molecule has 5 nitrogen and oxygen atoms in total. The summed E-state index contributed by atoms with van der Waals surface area (Å²) in [5, 5.41) is 12.0. The van der Waals surface area contributed by atoms with Crippen molar-refractivity contribution >= 4 is 0 Å². The Kier molecular flexibility index (Phi) is 3.85. The standard InChI is InChI=1S/C15H23N5/c1-3-7-13-12(10-16-18-13)15-17-14(19-20(15)4-2)11-8-5-6-9-11/h10-11H,3-9H2,1-2H3,(H,16,18). The van der Waals surface area contributed by atoms with Crippen LogP contribution in [0.2, 0.25) is 0 Å². The molecule has 20 heavy (non-hydrogen) atoms. The summed E-state index contributed by atoms with van der Waals surface area (Å²) in [5.74, 6) is 2.57. The molecule has 0 atom stereocenters. The molecule has 3 rings (SSSR count). The van der Waals surface area contributed by atoms with Crippen molar-refractivity contribution < 1.29 is 0 Å². The van der Waals surface area contributed by atoms with Crippen LogP contribution in [0.15, 0.2) is 6.20 Å². The first-order valence-corrected chi connectivity index (χ1v) is 7.80. The zero-order chi connectivity index (χ0) is 13.9. The van der Waals surface area contributed by atoms with Crippen LogP contribution in [0.5, 0.6) is 0 Å². The highest BCUT2D eigenvalue weighted by molar-refractivity contribution is 5.57. The van der Waals surface area contributed by atoms with Gasteiger partial charge in [0.15, 0.2) is 11.6 Å². The van der Waals surface area contributed by atoms with Crippen molar-refractivity contribution in [2.24, 2.45) is 0 Å². The quantitative estimate of drug-likeness (QED) is 0.909. The molecule has 0 unspecified atom stereocenters. The molecule has 0 radical (unpaired) electrons. The van der Waals surface area contributed by atoms with Gasteiger partial charge in [0.2, 0.25) is 0 Å². The number of nitrogens with zero attached hydrogens (tertiary/aromatic N) is 4. The summed E-state index contributed by atoms with van der Waals surface area (Å²) in [5.41, 5.74) is 2.29. The van der Waals surface area contributed by atoms with E-state index >= 15 is 0 Å². The van der Waals surface area contributed by atoms with E-state index in [4.69, 9.17) is 10.1 Å². The van der Waals surface area contributed by atoms with E-state index in [-0.39, 0.29) is 0 Å². The number of aromatic amines is 1. The molecule has 1 fully saturated rings. The van der Waals surface area contributed by atoms with Crippen LogP contribution in [0, 0.1) is 0 Å². The lowest BCUT2D eigenvalue weighted by molar-refractivity contribution is 0.614. The Balaban J connectivity index is 1.97. The SMILES string of the molecule is CCCc1[nH]ncc1-c1nc(C2CCCC2)nn1CC. The Hall–Kier alpha value is -1.65. The molecule has 2 aromatic rings. The van der Waals surface area contributed by atoms with Gasteiger partial charge < -0.3 is 0 Å². The van der Waals surface area contributed by atoms with Gasteiger partial charge in [0.1, 0.15) is 0 Å². The third-order valence-corrected chi connectivity index (χ3v) is 4.17. The highest BCUT2D eigenvalue weighted by Gasteiger charge is 2.24. The number of hydrogen-bond acceptors (Lipinski definition) is 3. The Labute approximate surface area is 119 Å². The predicted molar refractivity (Wildman–Crippen MR) is 78.5 cm³/mol. The van der Waals surface area contributed by atoms with E-state index in [1.807, 2.05) is 10.9 Å². The summed E-state index contributed by atoms with van der Waals surface area (Å²) < 4.78 is 2.03. The first-order chi connectivity index (χ1) is 9.83. The van der Waals surface area contributed by atoms with Crippen LogP contribution >= 0.6 is 0 Å². The number of H-pyrrole nitrogens is 1. The normalized spacial score (nSPS) is 16.1. The molecule has 0 bridgehead atoms. The third-order valence-electron chi connectivity index (χ3n) is 4.17. The molecule has 1 aliphatic carbocycles. The van der Waals surface area contributed by atoms with Crippen LogP contribution in [-0.4, -0.2) is 25.0 Å². The minimum Gasteiger partial charge on any atom is -0.282 e. The van der Waals surface area contributed by atoms with E-state index in [1.165, 1.54) is 31.4 Å². The summed E-state index contributed by atoms with van der Waals surface area (Å²) >= 11 is 0. The van der Waals surface area contributed by atoms with E-state index in [0.29, 0.717) is 5.92 Å². The topological polar surface area (TPSA) is 59.4 Å². The van der Waals surface area contributed by atoms with Crippen LogP contribution in [0.4, 0.5) is 0 Å². The maximum Gasteiger partial charge on any atom is 0.161 e. The van der Waals surface area contributed by atoms with E-state index < -0.39 is 0 Å². The average Bonchev–Trinajstić information content (AvgIpc) is 3.18. The number of hydrogen-bond donors (Lipinski definition) is 1. The van der Waals surface area contributed by atoms with Gasteiger partial charge in [-0.15, -0.1) is 0 Å². The fourth-order valence-electron chi connectivity index (χ4n) is 3.08. The van der Waals surface area contributed by atoms with E-state index in [0.717, 1.165) is 36.6 Å². The van der Waals surface area contributed by atoms with Gasteiger partial charge in [-0.05, 0) is 26.2 Å². The maximum absolute atomic E-state index is 4.84. The van der Waals surface area contributed by atoms with Crippen molar-refractivity contribution in [3.8, 4) is 11.4 Å². The minimum atomic E-state index is 0.558. The van der Waals surface area contributed by atoms with Crippen LogP contribution < -0.4 is 0 Å². The third kappa shape index (κ3) is 2.37. The van der Waals surface area contributed by atoms with Crippen molar-refractivity contribution in [2.75, 3.05) is 0 Å². The highest BCUT2D eigenvalue weighted by atomic mass is 15.3. The molecule has 0 spiro atoms. The Morgan fingerprint density at radius 1 is 1.30 bits per heavy atom. The van der Waals surface area contributed by atoms with Crippen molar-refractivity contribution in [3.63, 3.8) is 0 Å². The lowest BCUT2D eigenvalue weighted by Crippen LogP contribution is -2.01. The van der Waals surface area contributed by atoms with E-state index in [1.54, 1.807) is 0 Å². The number of aryl methyl sites for hydroxylation is 2. The molecule has 0 saturated heterocycles. The Morgan fingerprint density at radius 3 is 2.80 bits per heavy atom. The van der Waals surface area contributed by atoms with Gasteiger partial charge in [0, 0.05) is 18.2 Å². The largest absolute Gasteiger partial charge is 0.282 e. The molecular formula is C15H23N5. The highest BCUT2D eigenvalue weighted by Crippen LogP contribution is 2.33. The van der Waals surface area contributed by atoms with Gasteiger partial charge in [-0.1, -0.05) is 26.2 Å².